The summed E-state index contributed by atoms with van der Waals surface area (Å²) >= 11 is 0. The molecule has 1 aromatic carbocycles. The summed E-state index contributed by atoms with van der Waals surface area (Å²) in [5.74, 6) is 0.167. The predicted octanol–water partition coefficient (Wildman–Crippen LogP) is 2.76. The Labute approximate surface area is 77.6 Å². The Morgan fingerprint density at radius 1 is 1.15 bits per heavy atom. The lowest BCUT2D eigenvalue weighted by molar-refractivity contribution is -0.114. The van der Waals surface area contributed by atoms with Crippen molar-refractivity contribution in [1.82, 2.24) is 4.98 Å². The first kappa shape index (κ1) is 9.52. The molecule has 0 saturated heterocycles. The van der Waals surface area contributed by atoms with Crippen molar-refractivity contribution in [2.75, 3.05) is 0 Å². The van der Waals surface area contributed by atoms with Crippen LogP contribution < -0.4 is 0 Å². The lowest BCUT2D eigenvalue weighted by Gasteiger charge is -1.83. The van der Waals surface area contributed by atoms with Crippen LogP contribution in [-0.2, 0) is 4.79 Å². The van der Waals surface area contributed by atoms with Gasteiger partial charge in [-0.05, 0) is 31.4 Å². The molecular formula is C11H13NO. The van der Waals surface area contributed by atoms with E-state index in [2.05, 4.69) is 23.2 Å². The molecule has 68 valence electrons. The van der Waals surface area contributed by atoms with Gasteiger partial charge in [-0.3, -0.25) is 0 Å². The summed E-state index contributed by atoms with van der Waals surface area (Å²) in [6.45, 7) is 3.06. The Balaban J connectivity index is 0.000000184. The zero-order valence-electron chi connectivity index (χ0n) is 7.87. The highest BCUT2D eigenvalue weighted by molar-refractivity contribution is 5.78. The number of benzene rings is 1. The smallest absolute Gasteiger partial charge is 0.126 e. The molecule has 0 fully saturated rings. The first-order chi connectivity index (χ1) is 6.20. The first-order valence-electron chi connectivity index (χ1n) is 4.19. The van der Waals surface area contributed by atoms with Crippen LogP contribution in [0, 0.1) is 0 Å². The van der Waals surface area contributed by atoms with Crippen LogP contribution in [0.4, 0.5) is 0 Å². The molecule has 0 bridgehead atoms. The van der Waals surface area contributed by atoms with Gasteiger partial charge in [0.1, 0.15) is 5.78 Å². The highest BCUT2D eigenvalue weighted by atomic mass is 16.1. The maximum absolute atomic E-state index is 9.44. The molecule has 0 aliphatic rings. The van der Waals surface area contributed by atoms with E-state index in [9.17, 15) is 4.79 Å². The van der Waals surface area contributed by atoms with Crippen LogP contribution in [-0.4, -0.2) is 10.8 Å². The second-order valence-electron chi connectivity index (χ2n) is 2.97. The van der Waals surface area contributed by atoms with Gasteiger partial charge in [-0.1, -0.05) is 18.2 Å². The topological polar surface area (TPSA) is 32.9 Å². The van der Waals surface area contributed by atoms with E-state index in [0.717, 1.165) is 0 Å². The van der Waals surface area contributed by atoms with E-state index in [0.29, 0.717) is 0 Å². The summed E-state index contributed by atoms with van der Waals surface area (Å²) < 4.78 is 0. The number of carbonyl (C=O) groups is 1. The number of aromatic amines is 1. The van der Waals surface area contributed by atoms with Crippen LogP contribution in [0.1, 0.15) is 13.8 Å². The van der Waals surface area contributed by atoms with E-state index in [4.69, 9.17) is 0 Å². The number of H-pyrrole nitrogens is 1. The lowest BCUT2D eigenvalue weighted by atomic mass is 10.3. The molecule has 2 heteroatoms. The molecule has 1 aromatic heterocycles. The highest BCUT2D eigenvalue weighted by Crippen LogP contribution is 2.09. The second-order valence-corrected chi connectivity index (χ2v) is 2.97. The Hall–Kier alpha value is -1.57. The van der Waals surface area contributed by atoms with Crippen molar-refractivity contribution in [2.45, 2.75) is 13.8 Å². The minimum Gasteiger partial charge on any atom is -0.361 e. The largest absolute Gasteiger partial charge is 0.361 e. The Morgan fingerprint density at radius 3 is 2.38 bits per heavy atom. The van der Waals surface area contributed by atoms with Crippen LogP contribution >= 0.6 is 0 Å². The molecule has 0 radical (unpaired) electrons. The van der Waals surface area contributed by atoms with E-state index in [-0.39, 0.29) is 5.78 Å². The van der Waals surface area contributed by atoms with Gasteiger partial charge in [-0.25, -0.2) is 0 Å². The number of hydrogen-bond donors (Lipinski definition) is 1. The summed E-state index contributed by atoms with van der Waals surface area (Å²) in [7, 11) is 0. The number of carbonyl (C=O) groups excluding carboxylic acids is 1. The summed E-state index contributed by atoms with van der Waals surface area (Å²) in [6.07, 6.45) is 1.95. The molecule has 1 heterocycles. The van der Waals surface area contributed by atoms with E-state index in [1.165, 1.54) is 24.8 Å². The van der Waals surface area contributed by atoms with Gasteiger partial charge in [0.25, 0.3) is 0 Å². The van der Waals surface area contributed by atoms with Crippen molar-refractivity contribution in [2.24, 2.45) is 0 Å². The fourth-order valence-corrected chi connectivity index (χ4v) is 0.995. The fraction of sp³-hybridized carbons (Fsp3) is 0.182. The molecule has 0 spiro atoms. The van der Waals surface area contributed by atoms with E-state index < -0.39 is 0 Å². The molecule has 2 rings (SSSR count). The molecule has 2 nitrogen and oxygen atoms in total. The summed E-state index contributed by atoms with van der Waals surface area (Å²) in [6, 6.07) is 10.3. The van der Waals surface area contributed by atoms with E-state index in [1.807, 2.05) is 18.3 Å². The number of hydrogen-bond acceptors (Lipinski definition) is 1. The summed E-state index contributed by atoms with van der Waals surface area (Å²) in [5, 5.41) is 1.28. The third-order valence-corrected chi connectivity index (χ3v) is 1.46. The minimum atomic E-state index is 0.167. The molecule has 2 aromatic rings. The van der Waals surface area contributed by atoms with Gasteiger partial charge in [0.2, 0.25) is 0 Å². The number of para-hydroxylation sites is 1. The van der Waals surface area contributed by atoms with Crippen molar-refractivity contribution in [3.05, 3.63) is 36.5 Å². The standard InChI is InChI=1S/C8H7N.C3H6O/c1-2-4-8-7(3-1)5-6-9-8;1-3(2)4/h1-6,9H;1-2H3. The molecule has 0 atom stereocenters. The maximum atomic E-state index is 9.44. The molecule has 13 heavy (non-hydrogen) atoms. The lowest BCUT2D eigenvalue weighted by Crippen LogP contribution is -1.69. The summed E-state index contributed by atoms with van der Waals surface area (Å²) in [4.78, 5) is 12.6. The number of Topliss-reactive ketones (excluding diaryl/α,β-unsaturated/α-hetero) is 1. The van der Waals surface area contributed by atoms with Crippen molar-refractivity contribution in [3.8, 4) is 0 Å². The fourth-order valence-electron chi connectivity index (χ4n) is 0.995. The van der Waals surface area contributed by atoms with Crippen LogP contribution in [0.5, 0.6) is 0 Å². The quantitative estimate of drug-likeness (QED) is 0.656. The van der Waals surface area contributed by atoms with Gasteiger partial charge in [0.05, 0.1) is 0 Å². The van der Waals surface area contributed by atoms with Crippen molar-refractivity contribution in [3.63, 3.8) is 0 Å². The van der Waals surface area contributed by atoms with Crippen LogP contribution in [0.25, 0.3) is 10.9 Å². The molecule has 1 N–H and O–H groups in total. The van der Waals surface area contributed by atoms with Gasteiger partial charge < -0.3 is 9.78 Å². The molecule has 0 amide bonds. The zero-order valence-corrected chi connectivity index (χ0v) is 7.87. The van der Waals surface area contributed by atoms with Gasteiger partial charge in [0.15, 0.2) is 0 Å². The van der Waals surface area contributed by atoms with Crippen molar-refractivity contribution in [1.29, 1.82) is 0 Å². The van der Waals surface area contributed by atoms with Crippen molar-refractivity contribution < 1.29 is 4.79 Å². The number of aromatic nitrogens is 1. The van der Waals surface area contributed by atoms with Gasteiger partial charge in [-0.2, -0.15) is 0 Å². The molecule has 0 unspecified atom stereocenters. The van der Waals surface area contributed by atoms with Gasteiger partial charge in [0, 0.05) is 11.7 Å². The highest BCUT2D eigenvalue weighted by Gasteiger charge is 1.86. The molecular weight excluding hydrogens is 162 g/mol. The maximum Gasteiger partial charge on any atom is 0.126 e. The number of fused-ring (bicyclic) bond motifs is 1. The predicted molar refractivity (Wildman–Crippen MR) is 54.7 cm³/mol. The van der Waals surface area contributed by atoms with Crippen LogP contribution in [0.2, 0.25) is 0 Å². The summed E-state index contributed by atoms with van der Waals surface area (Å²) in [5.41, 5.74) is 1.21. The van der Waals surface area contributed by atoms with Crippen molar-refractivity contribution >= 4 is 16.7 Å². The number of nitrogens with one attached hydrogen (secondary N) is 1. The number of rotatable bonds is 0. The van der Waals surface area contributed by atoms with Gasteiger partial charge >= 0.3 is 0 Å². The minimum absolute atomic E-state index is 0.167. The van der Waals surface area contributed by atoms with E-state index in [1.54, 1.807) is 0 Å². The Morgan fingerprint density at radius 2 is 1.77 bits per heavy atom. The average molecular weight is 175 g/mol. The van der Waals surface area contributed by atoms with Crippen LogP contribution in [0.15, 0.2) is 36.5 Å². The van der Waals surface area contributed by atoms with Gasteiger partial charge in [-0.15, -0.1) is 0 Å². The number of ketones is 1. The second kappa shape index (κ2) is 4.45. The SMILES string of the molecule is CC(C)=O.c1ccc2[nH]ccc2c1. The molecule has 0 aliphatic carbocycles. The average Bonchev–Trinajstić information content (AvgIpc) is 2.49. The third kappa shape index (κ3) is 3.11. The normalized spacial score (nSPS) is 9.08. The monoisotopic (exact) mass is 175 g/mol. The molecule has 0 aliphatic heterocycles. The zero-order chi connectivity index (χ0) is 9.68. The van der Waals surface area contributed by atoms with Crippen LogP contribution in [0.3, 0.4) is 0 Å². The Kier molecular flexibility index (Phi) is 3.26. The molecule has 0 saturated carbocycles. The first-order valence-corrected chi connectivity index (χ1v) is 4.19. The third-order valence-electron chi connectivity index (χ3n) is 1.46. The Bertz CT molecular complexity index is 355. The van der Waals surface area contributed by atoms with E-state index >= 15 is 0 Å².